The second kappa shape index (κ2) is 6.82. The molecule has 2 aromatic rings. The van der Waals surface area contributed by atoms with Gasteiger partial charge in [-0.05, 0) is 54.6 Å². The third-order valence-electron chi connectivity index (χ3n) is 3.29. The molecule has 0 bridgehead atoms. The standard InChI is InChI=1S/C16H16ClF2N/c17-14-4-1-11(2-5-14)7-12(10-20)8-13-3-6-15(18)9-16(13)19/h1-6,9,12H,7-8,10,20H2. The summed E-state index contributed by atoms with van der Waals surface area (Å²) in [6, 6.07) is 11.2. The minimum Gasteiger partial charge on any atom is -0.330 e. The maximum Gasteiger partial charge on any atom is 0.129 e. The Morgan fingerprint density at radius 1 is 1.00 bits per heavy atom. The molecule has 106 valence electrons. The minimum atomic E-state index is -0.562. The van der Waals surface area contributed by atoms with Crippen molar-refractivity contribution < 1.29 is 8.78 Å². The molecule has 20 heavy (non-hydrogen) atoms. The number of hydrogen-bond donors (Lipinski definition) is 1. The van der Waals surface area contributed by atoms with Crippen LogP contribution in [-0.4, -0.2) is 6.54 Å². The highest BCUT2D eigenvalue weighted by molar-refractivity contribution is 6.30. The molecule has 0 aromatic heterocycles. The van der Waals surface area contributed by atoms with E-state index in [1.807, 2.05) is 24.3 Å². The van der Waals surface area contributed by atoms with Crippen molar-refractivity contribution >= 4 is 11.6 Å². The van der Waals surface area contributed by atoms with Gasteiger partial charge in [0.15, 0.2) is 0 Å². The van der Waals surface area contributed by atoms with Crippen molar-refractivity contribution in [1.82, 2.24) is 0 Å². The topological polar surface area (TPSA) is 26.0 Å². The fourth-order valence-corrected chi connectivity index (χ4v) is 2.32. The predicted octanol–water partition coefficient (Wildman–Crippen LogP) is 3.98. The monoisotopic (exact) mass is 295 g/mol. The largest absolute Gasteiger partial charge is 0.330 e. The minimum absolute atomic E-state index is 0.108. The molecule has 1 unspecified atom stereocenters. The van der Waals surface area contributed by atoms with Gasteiger partial charge in [0.25, 0.3) is 0 Å². The molecule has 0 spiro atoms. The molecule has 0 amide bonds. The molecule has 0 radical (unpaired) electrons. The SMILES string of the molecule is NCC(Cc1ccc(Cl)cc1)Cc1ccc(F)cc1F. The highest BCUT2D eigenvalue weighted by Gasteiger charge is 2.12. The van der Waals surface area contributed by atoms with Gasteiger partial charge in [-0.1, -0.05) is 29.8 Å². The third-order valence-corrected chi connectivity index (χ3v) is 3.55. The molecule has 1 nitrogen and oxygen atoms in total. The van der Waals surface area contributed by atoms with E-state index < -0.39 is 11.6 Å². The Labute approximate surface area is 122 Å². The lowest BCUT2D eigenvalue weighted by Crippen LogP contribution is -2.20. The zero-order valence-electron chi connectivity index (χ0n) is 11.0. The molecule has 0 fully saturated rings. The van der Waals surface area contributed by atoms with Gasteiger partial charge in [0.05, 0.1) is 0 Å². The lowest BCUT2D eigenvalue weighted by Gasteiger charge is -2.15. The van der Waals surface area contributed by atoms with Gasteiger partial charge in [0, 0.05) is 11.1 Å². The molecule has 2 rings (SSSR count). The summed E-state index contributed by atoms with van der Waals surface area (Å²) < 4.78 is 26.5. The van der Waals surface area contributed by atoms with E-state index in [9.17, 15) is 8.78 Å². The van der Waals surface area contributed by atoms with E-state index in [-0.39, 0.29) is 5.92 Å². The van der Waals surface area contributed by atoms with Gasteiger partial charge >= 0.3 is 0 Å². The van der Waals surface area contributed by atoms with Crippen LogP contribution in [0.1, 0.15) is 11.1 Å². The second-order valence-corrected chi connectivity index (χ2v) is 5.31. The van der Waals surface area contributed by atoms with Crippen LogP contribution < -0.4 is 5.73 Å². The molecule has 1 atom stereocenters. The van der Waals surface area contributed by atoms with Gasteiger partial charge in [-0.25, -0.2) is 8.78 Å². The van der Waals surface area contributed by atoms with E-state index in [1.165, 1.54) is 12.1 Å². The average molecular weight is 296 g/mol. The number of hydrogen-bond acceptors (Lipinski definition) is 1. The van der Waals surface area contributed by atoms with Gasteiger partial charge in [-0.3, -0.25) is 0 Å². The van der Waals surface area contributed by atoms with Crippen molar-refractivity contribution in [3.05, 3.63) is 70.2 Å². The fourth-order valence-electron chi connectivity index (χ4n) is 2.19. The first-order chi connectivity index (χ1) is 9.58. The second-order valence-electron chi connectivity index (χ2n) is 4.87. The van der Waals surface area contributed by atoms with Crippen molar-refractivity contribution in [2.45, 2.75) is 12.8 Å². The van der Waals surface area contributed by atoms with E-state index in [0.717, 1.165) is 18.1 Å². The Balaban J connectivity index is 2.07. The Morgan fingerprint density at radius 2 is 1.70 bits per heavy atom. The fraction of sp³-hybridized carbons (Fsp3) is 0.250. The molecule has 0 saturated carbocycles. The molecular weight excluding hydrogens is 280 g/mol. The lowest BCUT2D eigenvalue weighted by atomic mass is 9.92. The molecule has 0 aliphatic carbocycles. The summed E-state index contributed by atoms with van der Waals surface area (Å²) in [6.07, 6.45) is 1.23. The first-order valence-corrected chi connectivity index (χ1v) is 6.84. The van der Waals surface area contributed by atoms with E-state index in [2.05, 4.69) is 0 Å². The van der Waals surface area contributed by atoms with E-state index >= 15 is 0 Å². The van der Waals surface area contributed by atoms with Crippen LogP contribution in [0.25, 0.3) is 0 Å². The summed E-state index contributed by atoms with van der Waals surface area (Å²) >= 11 is 5.84. The first kappa shape index (κ1) is 14.9. The van der Waals surface area contributed by atoms with Gasteiger partial charge in [-0.15, -0.1) is 0 Å². The molecular formula is C16H16ClF2N. The predicted molar refractivity (Wildman–Crippen MR) is 77.8 cm³/mol. The zero-order chi connectivity index (χ0) is 14.5. The quantitative estimate of drug-likeness (QED) is 0.887. The summed E-state index contributed by atoms with van der Waals surface area (Å²) in [5.74, 6) is -0.969. The summed E-state index contributed by atoms with van der Waals surface area (Å²) in [7, 11) is 0. The van der Waals surface area contributed by atoms with Gasteiger partial charge in [0.2, 0.25) is 0 Å². The number of halogens is 3. The Hall–Kier alpha value is -1.45. The van der Waals surface area contributed by atoms with Crippen LogP contribution >= 0.6 is 11.6 Å². The first-order valence-electron chi connectivity index (χ1n) is 6.47. The van der Waals surface area contributed by atoms with Gasteiger partial charge in [0.1, 0.15) is 11.6 Å². The number of nitrogens with two attached hydrogens (primary N) is 1. The van der Waals surface area contributed by atoms with Crippen LogP contribution in [0.15, 0.2) is 42.5 Å². The molecule has 0 heterocycles. The third kappa shape index (κ3) is 4.02. The number of rotatable bonds is 5. The Morgan fingerprint density at radius 3 is 2.30 bits per heavy atom. The van der Waals surface area contributed by atoms with Crippen LogP contribution in [0.2, 0.25) is 5.02 Å². The van der Waals surface area contributed by atoms with Crippen LogP contribution in [-0.2, 0) is 12.8 Å². The molecule has 2 N–H and O–H groups in total. The Bertz CT molecular complexity index is 569. The molecule has 4 heteroatoms. The van der Waals surface area contributed by atoms with Crippen molar-refractivity contribution in [2.24, 2.45) is 11.7 Å². The van der Waals surface area contributed by atoms with Crippen LogP contribution in [0, 0.1) is 17.6 Å². The van der Waals surface area contributed by atoms with Crippen molar-refractivity contribution in [2.75, 3.05) is 6.54 Å². The maximum absolute atomic E-state index is 13.6. The Kier molecular flexibility index (Phi) is 5.10. The van der Waals surface area contributed by atoms with Crippen molar-refractivity contribution in [3.63, 3.8) is 0 Å². The van der Waals surface area contributed by atoms with Crippen LogP contribution in [0.3, 0.4) is 0 Å². The van der Waals surface area contributed by atoms with E-state index in [4.69, 9.17) is 17.3 Å². The molecule has 0 aliphatic heterocycles. The molecule has 0 saturated heterocycles. The average Bonchev–Trinajstić information content (AvgIpc) is 2.43. The summed E-state index contributed by atoms with van der Waals surface area (Å²) in [4.78, 5) is 0. The summed E-state index contributed by atoms with van der Waals surface area (Å²) in [6.45, 7) is 0.444. The zero-order valence-corrected chi connectivity index (χ0v) is 11.7. The lowest BCUT2D eigenvalue weighted by molar-refractivity contribution is 0.506. The van der Waals surface area contributed by atoms with Gasteiger partial charge < -0.3 is 5.73 Å². The van der Waals surface area contributed by atoms with E-state index in [1.54, 1.807) is 0 Å². The highest BCUT2D eigenvalue weighted by atomic mass is 35.5. The normalized spacial score (nSPS) is 12.4. The maximum atomic E-state index is 13.6. The number of benzene rings is 2. The molecule has 0 aliphatic rings. The van der Waals surface area contributed by atoms with Crippen molar-refractivity contribution in [3.8, 4) is 0 Å². The van der Waals surface area contributed by atoms with Crippen LogP contribution in [0.5, 0.6) is 0 Å². The molecule has 2 aromatic carbocycles. The van der Waals surface area contributed by atoms with Gasteiger partial charge in [-0.2, -0.15) is 0 Å². The smallest absolute Gasteiger partial charge is 0.129 e. The van der Waals surface area contributed by atoms with Crippen molar-refractivity contribution in [1.29, 1.82) is 0 Å². The van der Waals surface area contributed by atoms with E-state index in [0.29, 0.717) is 23.6 Å². The highest BCUT2D eigenvalue weighted by Crippen LogP contribution is 2.18. The van der Waals surface area contributed by atoms with Crippen LogP contribution in [0.4, 0.5) is 8.78 Å². The summed E-state index contributed by atoms with van der Waals surface area (Å²) in [5, 5.41) is 0.683. The summed E-state index contributed by atoms with van der Waals surface area (Å²) in [5.41, 5.74) is 7.36.